The van der Waals surface area contributed by atoms with Gasteiger partial charge in [-0.15, -0.1) is 11.3 Å². The fourth-order valence-electron chi connectivity index (χ4n) is 1.44. The van der Waals surface area contributed by atoms with Crippen LogP contribution in [-0.4, -0.2) is 22.7 Å². The summed E-state index contributed by atoms with van der Waals surface area (Å²) < 4.78 is 18.4. The Morgan fingerprint density at radius 3 is 2.94 bits per heavy atom. The second-order valence-corrected chi connectivity index (χ2v) is 4.27. The van der Waals surface area contributed by atoms with Gasteiger partial charge in [0.1, 0.15) is 16.6 Å². The number of hydrogen-bond donors (Lipinski definition) is 1. The van der Waals surface area contributed by atoms with E-state index in [4.69, 9.17) is 9.84 Å². The van der Waals surface area contributed by atoms with E-state index >= 15 is 0 Å². The zero-order valence-corrected chi connectivity index (χ0v) is 10.3. The van der Waals surface area contributed by atoms with E-state index < -0.39 is 11.8 Å². The van der Waals surface area contributed by atoms with Crippen LogP contribution in [0, 0.1) is 5.82 Å². The number of nitrogens with zero attached hydrogens (tertiary/aromatic N) is 1. The van der Waals surface area contributed by atoms with E-state index in [9.17, 15) is 9.18 Å². The Morgan fingerprint density at radius 2 is 2.33 bits per heavy atom. The predicted molar refractivity (Wildman–Crippen MR) is 65.6 cm³/mol. The quantitative estimate of drug-likeness (QED) is 0.925. The average Bonchev–Trinajstić information content (AvgIpc) is 2.79. The molecule has 0 fully saturated rings. The van der Waals surface area contributed by atoms with Gasteiger partial charge in [-0.2, -0.15) is 0 Å². The number of hydrogen-bond acceptors (Lipinski definition) is 4. The van der Waals surface area contributed by atoms with E-state index in [1.807, 2.05) is 0 Å². The van der Waals surface area contributed by atoms with E-state index in [1.165, 1.54) is 34.9 Å². The van der Waals surface area contributed by atoms with Gasteiger partial charge in [0, 0.05) is 11.4 Å². The minimum Gasteiger partial charge on any atom is -0.493 e. The molecule has 0 bridgehead atoms. The molecule has 2 rings (SSSR count). The SMILES string of the molecule is CCOc1cc(F)ccc1-c1nc(C(=O)O)cs1. The van der Waals surface area contributed by atoms with Crippen LogP contribution in [0.15, 0.2) is 23.6 Å². The van der Waals surface area contributed by atoms with Gasteiger partial charge in [0.05, 0.1) is 12.2 Å². The summed E-state index contributed by atoms with van der Waals surface area (Å²) in [6.45, 7) is 2.19. The first kappa shape index (κ1) is 12.5. The molecule has 0 radical (unpaired) electrons. The topological polar surface area (TPSA) is 59.4 Å². The van der Waals surface area contributed by atoms with Crippen molar-refractivity contribution in [3.63, 3.8) is 0 Å². The Balaban J connectivity index is 2.45. The van der Waals surface area contributed by atoms with Crippen molar-refractivity contribution in [2.24, 2.45) is 0 Å². The molecule has 0 amide bonds. The number of carboxylic acid groups (broad SMARTS) is 1. The first-order chi connectivity index (χ1) is 8.61. The largest absolute Gasteiger partial charge is 0.493 e. The molecular weight excluding hydrogens is 257 g/mol. The Bertz CT molecular complexity index is 582. The fourth-order valence-corrected chi connectivity index (χ4v) is 2.27. The first-order valence-electron chi connectivity index (χ1n) is 5.23. The van der Waals surface area contributed by atoms with Crippen LogP contribution in [0.4, 0.5) is 4.39 Å². The van der Waals surface area contributed by atoms with Crippen LogP contribution in [0.1, 0.15) is 17.4 Å². The van der Waals surface area contributed by atoms with Gasteiger partial charge in [-0.25, -0.2) is 14.2 Å². The summed E-state index contributed by atoms with van der Waals surface area (Å²) in [7, 11) is 0. The van der Waals surface area contributed by atoms with Gasteiger partial charge in [0.15, 0.2) is 5.69 Å². The highest BCUT2D eigenvalue weighted by molar-refractivity contribution is 7.13. The van der Waals surface area contributed by atoms with Crippen molar-refractivity contribution in [3.8, 4) is 16.3 Å². The van der Waals surface area contributed by atoms with Crippen LogP contribution < -0.4 is 4.74 Å². The van der Waals surface area contributed by atoms with Crippen LogP contribution in [0.5, 0.6) is 5.75 Å². The molecule has 6 heteroatoms. The highest BCUT2D eigenvalue weighted by atomic mass is 32.1. The molecule has 18 heavy (non-hydrogen) atoms. The summed E-state index contributed by atoms with van der Waals surface area (Å²) in [6, 6.07) is 4.09. The summed E-state index contributed by atoms with van der Waals surface area (Å²) in [5.41, 5.74) is 0.567. The van der Waals surface area contributed by atoms with Crippen molar-refractivity contribution >= 4 is 17.3 Å². The van der Waals surface area contributed by atoms with Crippen LogP contribution in [0.2, 0.25) is 0 Å². The molecule has 2 aromatic rings. The van der Waals surface area contributed by atoms with Gasteiger partial charge in [-0.05, 0) is 19.1 Å². The van der Waals surface area contributed by atoms with Gasteiger partial charge >= 0.3 is 5.97 Å². The number of aromatic carboxylic acids is 1. The molecule has 0 atom stereocenters. The molecule has 0 unspecified atom stereocenters. The van der Waals surface area contributed by atoms with Crippen molar-refractivity contribution in [1.82, 2.24) is 4.98 Å². The van der Waals surface area contributed by atoms with Gasteiger partial charge in [0.2, 0.25) is 0 Å². The Hall–Kier alpha value is -1.95. The van der Waals surface area contributed by atoms with E-state index in [0.717, 1.165) is 0 Å². The van der Waals surface area contributed by atoms with Crippen molar-refractivity contribution in [3.05, 3.63) is 35.1 Å². The zero-order chi connectivity index (χ0) is 13.1. The predicted octanol–water partition coefficient (Wildman–Crippen LogP) is 3.05. The average molecular weight is 267 g/mol. The van der Waals surface area contributed by atoms with E-state index in [0.29, 0.717) is 22.9 Å². The molecule has 0 aliphatic rings. The minimum atomic E-state index is -1.09. The number of halogens is 1. The number of ether oxygens (including phenoxy) is 1. The van der Waals surface area contributed by atoms with Crippen LogP contribution in [0.3, 0.4) is 0 Å². The summed E-state index contributed by atoms with van der Waals surface area (Å²) in [6.07, 6.45) is 0. The zero-order valence-electron chi connectivity index (χ0n) is 9.51. The molecule has 0 aliphatic heterocycles. The van der Waals surface area contributed by atoms with Gasteiger partial charge < -0.3 is 9.84 Å². The second kappa shape index (κ2) is 5.14. The third-order valence-electron chi connectivity index (χ3n) is 2.20. The maximum Gasteiger partial charge on any atom is 0.355 e. The van der Waals surface area contributed by atoms with Gasteiger partial charge in [0.25, 0.3) is 0 Å². The molecule has 0 spiro atoms. The highest BCUT2D eigenvalue weighted by Gasteiger charge is 2.14. The molecule has 4 nitrogen and oxygen atoms in total. The molecule has 0 aliphatic carbocycles. The number of rotatable bonds is 4. The van der Waals surface area contributed by atoms with Gasteiger partial charge in [-0.3, -0.25) is 0 Å². The molecule has 1 aromatic carbocycles. The van der Waals surface area contributed by atoms with E-state index in [-0.39, 0.29) is 5.69 Å². The number of benzene rings is 1. The summed E-state index contributed by atoms with van der Waals surface area (Å²) >= 11 is 1.18. The Morgan fingerprint density at radius 1 is 1.56 bits per heavy atom. The van der Waals surface area contributed by atoms with Crippen LogP contribution in [0.25, 0.3) is 10.6 Å². The molecule has 1 heterocycles. The van der Waals surface area contributed by atoms with Gasteiger partial charge in [-0.1, -0.05) is 0 Å². The minimum absolute atomic E-state index is 0.0261. The number of thiazole rings is 1. The highest BCUT2D eigenvalue weighted by Crippen LogP contribution is 2.33. The van der Waals surface area contributed by atoms with E-state index in [1.54, 1.807) is 6.92 Å². The third-order valence-corrected chi connectivity index (χ3v) is 3.07. The normalized spacial score (nSPS) is 10.3. The third kappa shape index (κ3) is 2.48. The maximum atomic E-state index is 13.1. The fraction of sp³-hybridized carbons (Fsp3) is 0.167. The van der Waals surface area contributed by atoms with E-state index in [2.05, 4.69) is 4.98 Å². The lowest BCUT2D eigenvalue weighted by Gasteiger charge is -2.07. The van der Waals surface area contributed by atoms with Crippen molar-refractivity contribution in [1.29, 1.82) is 0 Å². The first-order valence-corrected chi connectivity index (χ1v) is 6.11. The molecule has 0 saturated carbocycles. The smallest absolute Gasteiger partial charge is 0.355 e. The number of carboxylic acids is 1. The number of carbonyl (C=O) groups is 1. The number of aromatic nitrogens is 1. The molecular formula is C12H10FNO3S. The molecule has 94 valence electrons. The Labute approximate surface area is 107 Å². The monoisotopic (exact) mass is 267 g/mol. The van der Waals surface area contributed by atoms with Crippen LogP contribution >= 0.6 is 11.3 Å². The van der Waals surface area contributed by atoms with Crippen molar-refractivity contribution in [2.75, 3.05) is 6.61 Å². The lowest BCUT2D eigenvalue weighted by molar-refractivity contribution is 0.0691. The molecule has 1 N–H and O–H groups in total. The molecule has 1 aromatic heterocycles. The second-order valence-electron chi connectivity index (χ2n) is 3.42. The Kier molecular flexibility index (Phi) is 3.57. The summed E-state index contributed by atoms with van der Waals surface area (Å²) in [4.78, 5) is 14.7. The van der Waals surface area contributed by atoms with Crippen molar-refractivity contribution < 1.29 is 19.0 Å². The lowest BCUT2D eigenvalue weighted by Crippen LogP contribution is -1.97. The summed E-state index contributed by atoms with van der Waals surface area (Å²) in [5.74, 6) is -1.13. The van der Waals surface area contributed by atoms with Crippen molar-refractivity contribution in [2.45, 2.75) is 6.92 Å². The maximum absolute atomic E-state index is 13.1. The standard InChI is InChI=1S/C12H10FNO3S/c1-2-17-10-5-7(13)3-4-8(10)11-14-9(6-18-11)12(15)16/h3-6H,2H2,1H3,(H,15,16). The lowest BCUT2D eigenvalue weighted by atomic mass is 10.2. The summed E-state index contributed by atoms with van der Waals surface area (Å²) in [5, 5.41) is 10.8. The van der Waals surface area contributed by atoms with Crippen LogP contribution in [-0.2, 0) is 0 Å². The molecule has 0 saturated heterocycles.